The van der Waals surface area contributed by atoms with Crippen LogP contribution < -0.4 is 10.1 Å². The third-order valence-electron chi connectivity index (χ3n) is 4.03. The standard InChI is InChI=1S/C20H24N2O4/c1-4-11-25-15-7-5-14(6-8-15)18-12-16-17(9-10-21-20(16)26-18)22-13-19(23-2)24-3/h5-10,12,19H,4,11,13H2,1-3H3,(H,21,22). The maximum Gasteiger partial charge on any atom is 0.228 e. The van der Waals surface area contributed by atoms with Crippen molar-refractivity contribution in [1.82, 2.24) is 4.98 Å². The zero-order valence-electron chi connectivity index (χ0n) is 15.3. The van der Waals surface area contributed by atoms with Crippen LogP contribution in [0.5, 0.6) is 5.75 Å². The topological polar surface area (TPSA) is 65.8 Å². The van der Waals surface area contributed by atoms with Crippen LogP contribution in [0.3, 0.4) is 0 Å². The van der Waals surface area contributed by atoms with Crippen molar-refractivity contribution >= 4 is 16.8 Å². The molecule has 138 valence electrons. The molecule has 26 heavy (non-hydrogen) atoms. The molecule has 6 nitrogen and oxygen atoms in total. The number of ether oxygens (including phenoxy) is 3. The van der Waals surface area contributed by atoms with E-state index in [1.165, 1.54) is 0 Å². The summed E-state index contributed by atoms with van der Waals surface area (Å²) in [6.07, 6.45) is 2.38. The van der Waals surface area contributed by atoms with Gasteiger partial charge in [0, 0.05) is 31.7 Å². The van der Waals surface area contributed by atoms with Crippen LogP contribution in [-0.4, -0.2) is 38.6 Å². The molecule has 0 aliphatic heterocycles. The van der Waals surface area contributed by atoms with E-state index in [0.29, 0.717) is 18.9 Å². The molecule has 1 N–H and O–H groups in total. The Hall–Kier alpha value is -2.57. The number of nitrogens with zero attached hydrogens (tertiary/aromatic N) is 1. The highest BCUT2D eigenvalue weighted by molar-refractivity contribution is 5.91. The Morgan fingerprint density at radius 2 is 1.88 bits per heavy atom. The molecule has 0 bridgehead atoms. The molecule has 0 aliphatic carbocycles. The summed E-state index contributed by atoms with van der Waals surface area (Å²) in [5.74, 6) is 1.62. The van der Waals surface area contributed by atoms with E-state index in [2.05, 4.69) is 17.2 Å². The monoisotopic (exact) mass is 356 g/mol. The van der Waals surface area contributed by atoms with Gasteiger partial charge in [0.1, 0.15) is 11.5 Å². The highest BCUT2D eigenvalue weighted by Crippen LogP contribution is 2.31. The molecule has 0 atom stereocenters. The van der Waals surface area contributed by atoms with E-state index in [9.17, 15) is 0 Å². The molecule has 0 saturated heterocycles. The first-order valence-electron chi connectivity index (χ1n) is 8.66. The zero-order chi connectivity index (χ0) is 18.4. The molecular formula is C20H24N2O4. The van der Waals surface area contributed by atoms with Gasteiger partial charge in [-0.15, -0.1) is 0 Å². The fraction of sp³-hybridized carbons (Fsp3) is 0.350. The molecule has 0 saturated carbocycles. The van der Waals surface area contributed by atoms with Crippen molar-refractivity contribution in [3.63, 3.8) is 0 Å². The number of furan rings is 1. The summed E-state index contributed by atoms with van der Waals surface area (Å²) in [7, 11) is 3.23. The lowest BCUT2D eigenvalue weighted by molar-refractivity contribution is -0.0913. The lowest BCUT2D eigenvalue weighted by Gasteiger charge is -2.15. The Kier molecular flexibility index (Phi) is 6.09. The average Bonchev–Trinajstić information content (AvgIpc) is 3.12. The first kappa shape index (κ1) is 18.2. The maximum absolute atomic E-state index is 5.92. The van der Waals surface area contributed by atoms with E-state index >= 15 is 0 Å². The Bertz CT molecular complexity index is 825. The summed E-state index contributed by atoms with van der Waals surface area (Å²) < 4.78 is 22.0. The normalized spacial score (nSPS) is 11.2. The number of fused-ring (bicyclic) bond motifs is 1. The summed E-state index contributed by atoms with van der Waals surface area (Å²) in [6, 6.07) is 11.8. The highest BCUT2D eigenvalue weighted by atomic mass is 16.7. The van der Waals surface area contributed by atoms with Crippen LogP contribution in [0.15, 0.2) is 47.0 Å². The van der Waals surface area contributed by atoms with Crippen LogP contribution in [0.2, 0.25) is 0 Å². The van der Waals surface area contributed by atoms with E-state index in [4.69, 9.17) is 18.6 Å². The number of benzene rings is 1. The number of hydrogen-bond donors (Lipinski definition) is 1. The van der Waals surface area contributed by atoms with Crippen LogP contribution in [-0.2, 0) is 9.47 Å². The van der Waals surface area contributed by atoms with Gasteiger partial charge in [0.25, 0.3) is 0 Å². The number of rotatable bonds is 9. The van der Waals surface area contributed by atoms with Gasteiger partial charge in [-0.3, -0.25) is 0 Å². The van der Waals surface area contributed by atoms with Gasteiger partial charge in [-0.05, 0) is 42.8 Å². The Morgan fingerprint density at radius 1 is 1.12 bits per heavy atom. The van der Waals surface area contributed by atoms with Crippen molar-refractivity contribution in [3.05, 3.63) is 42.6 Å². The van der Waals surface area contributed by atoms with E-state index in [1.807, 2.05) is 36.4 Å². The Balaban J connectivity index is 1.81. The predicted molar refractivity (Wildman–Crippen MR) is 102 cm³/mol. The summed E-state index contributed by atoms with van der Waals surface area (Å²) in [6.45, 7) is 3.33. The summed E-state index contributed by atoms with van der Waals surface area (Å²) in [4.78, 5) is 4.32. The Labute approximate surface area is 153 Å². The second-order valence-corrected chi connectivity index (χ2v) is 5.84. The molecule has 2 heterocycles. The SMILES string of the molecule is CCCOc1ccc(-c2cc3c(NCC(OC)OC)ccnc3o2)cc1. The van der Waals surface area contributed by atoms with Gasteiger partial charge in [-0.25, -0.2) is 4.98 Å². The van der Waals surface area contributed by atoms with Crippen molar-refractivity contribution < 1.29 is 18.6 Å². The highest BCUT2D eigenvalue weighted by Gasteiger charge is 2.12. The largest absolute Gasteiger partial charge is 0.494 e. The van der Waals surface area contributed by atoms with Crippen molar-refractivity contribution in [1.29, 1.82) is 0 Å². The molecule has 0 fully saturated rings. The molecule has 3 aromatic rings. The molecule has 0 aliphatic rings. The lowest BCUT2D eigenvalue weighted by atomic mass is 10.1. The third-order valence-corrected chi connectivity index (χ3v) is 4.03. The van der Waals surface area contributed by atoms with Gasteiger partial charge in [-0.2, -0.15) is 0 Å². The van der Waals surface area contributed by atoms with Crippen LogP contribution in [0.4, 0.5) is 5.69 Å². The first-order chi connectivity index (χ1) is 12.7. The van der Waals surface area contributed by atoms with Crippen molar-refractivity contribution in [2.75, 3.05) is 32.7 Å². The average molecular weight is 356 g/mol. The molecule has 3 rings (SSSR count). The van der Waals surface area contributed by atoms with E-state index in [-0.39, 0.29) is 6.29 Å². The van der Waals surface area contributed by atoms with Gasteiger partial charge in [0.05, 0.1) is 18.5 Å². The van der Waals surface area contributed by atoms with E-state index in [1.54, 1.807) is 20.4 Å². The van der Waals surface area contributed by atoms with E-state index < -0.39 is 0 Å². The van der Waals surface area contributed by atoms with Gasteiger partial charge in [0.15, 0.2) is 6.29 Å². The minimum absolute atomic E-state index is 0.319. The fourth-order valence-electron chi connectivity index (χ4n) is 2.63. The minimum Gasteiger partial charge on any atom is -0.494 e. The molecule has 2 aromatic heterocycles. The van der Waals surface area contributed by atoms with E-state index in [0.717, 1.165) is 34.6 Å². The quantitative estimate of drug-likeness (QED) is 0.576. The lowest BCUT2D eigenvalue weighted by Crippen LogP contribution is -2.23. The molecule has 6 heteroatoms. The maximum atomic E-state index is 5.92. The molecular weight excluding hydrogens is 332 g/mol. The van der Waals surface area contributed by atoms with Crippen LogP contribution >= 0.6 is 0 Å². The number of pyridine rings is 1. The fourth-order valence-corrected chi connectivity index (χ4v) is 2.63. The number of nitrogens with one attached hydrogen (secondary N) is 1. The molecule has 0 radical (unpaired) electrons. The smallest absolute Gasteiger partial charge is 0.228 e. The minimum atomic E-state index is -0.319. The Morgan fingerprint density at radius 3 is 2.58 bits per heavy atom. The molecule has 0 spiro atoms. The second kappa shape index (κ2) is 8.69. The van der Waals surface area contributed by atoms with Gasteiger partial charge in [-0.1, -0.05) is 6.92 Å². The van der Waals surface area contributed by atoms with Crippen LogP contribution in [0.25, 0.3) is 22.4 Å². The number of methoxy groups -OCH3 is 2. The first-order valence-corrected chi connectivity index (χ1v) is 8.66. The number of hydrogen-bond acceptors (Lipinski definition) is 6. The summed E-state index contributed by atoms with van der Waals surface area (Å²) in [5.41, 5.74) is 2.49. The van der Waals surface area contributed by atoms with Gasteiger partial charge in [0.2, 0.25) is 5.71 Å². The molecule has 0 unspecified atom stereocenters. The van der Waals surface area contributed by atoms with Crippen molar-refractivity contribution in [2.45, 2.75) is 19.6 Å². The third kappa shape index (κ3) is 4.15. The molecule has 0 amide bonds. The summed E-state index contributed by atoms with van der Waals surface area (Å²) in [5, 5.41) is 4.23. The molecule has 1 aromatic carbocycles. The van der Waals surface area contributed by atoms with Gasteiger partial charge >= 0.3 is 0 Å². The van der Waals surface area contributed by atoms with Crippen molar-refractivity contribution in [3.8, 4) is 17.1 Å². The van der Waals surface area contributed by atoms with Crippen LogP contribution in [0.1, 0.15) is 13.3 Å². The summed E-state index contributed by atoms with van der Waals surface area (Å²) >= 11 is 0. The zero-order valence-corrected chi connectivity index (χ0v) is 15.3. The van der Waals surface area contributed by atoms with Gasteiger partial charge < -0.3 is 23.9 Å². The van der Waals surface area contributed by atoms with Crippen LogP contribution in [0, 0.1) is 0 Å². The van der Waals surface area contributed by atoms with Crippen molar-refractivity contribution in [2.24, 2.45) is 0 Å². The predicted octanol–water partition coefficient (Wildman–Crippen LogP) is 4.31. The second-order valence-electron chi connectivity index (χ2n) is 5.84. The number of anilines is 1. The number of aromatic nitrogens is 1.